The number of nitrogens with one attached hydrogen (secondary N) is 2. The number of amides is 4. The van der Waals surface area contributed by atoms with E-state index in [0.717, 1.165) is 4.90 Å². The molecule has 2 saturated heterocycles. The van der Waals surface area contributed by atoms with E-state index in [2.05, 4.69) is 10.6 Å². The van der Waals surface area contributed by atoms with Gasteiger partial charge in [-0.15, -0.1) is 0 Å². The third kappa shape index (κ3) is 4.54. The Morgan fingerprint density at radius 2 is 1.77 bits per heavy atom. The van der Waals surface area contributed by atoms with Gasteiger partial charge in [0.25, 0.3) is 5.91 Å². The van der Waals surface area contributed by atoms with Gasteiger partial charge in [-0.1, -0.05) is 36.4 Å². The number of morpholine rings is 1. The molecule has 0 aromatic heterocycles. The van der Waals surface area contributed by atoms with Crippen LogP contribution >= 0.6 is 0 Å². The highest BCUT2D eigenvalue weighted by Crippen LogP contribution is 2.30. The third-order valence-corrected chi connectivity index (χ3v) is 8.42. The van der Waals surface area contributed by atoms with Gasteiger partial charge in [0.1, 0.15) is 11.6 Å². The molecule has 2 aromatic rings. The van der Waals surface area contributed by atoms with Gasteiger partial charge in [-0.05, 0) is 44.0 Å². The topological polar surface area (TPSA) is 125 Å². The van der Waals surface area contributed by atoms with Crippen LogP contribution in [0.1, 0.15) is 25.0 Å². The van der Waals surface area contributed by atoms with Crippen LogP contribution in [0.4, 0.5) is 10.5 Å². The summed E-state index contributed by atoms with van der Waals surface area (Å²) in [5.74, 6) is -1.17. The number of aryl methyl sites for hydroxylation is 1. The molecule has 2 fully saturated rings. The van der Waals surface area contributed by atoms with Crippen molar-refractivity contribution in [2.75, 3.05) is 31.6 Å². The van der Waals surface area contributed by atoms with E-state index >= 15 is 0 Å². The minimum absolute atomic E-state index is 0.0801. The molecule has 0 aliphatic carbocycles. The maximum Gasteiger partial charge on any atom is 0.326 e. The number of nitrogens with zero attached hydrogens (tertiary/aromatic N) is 2. The molecule has 4 amide bonds. The second-order valence-electron chi connectivity index (χ2n) is 8.76. The molecule has 0 saturated carbocycles. The summed E-state index contributed by atoms with van der Waals surface area (Å²) in [6.07, 6.45) is 0. The van der Waals surface area contributed by atoms with E-state index in [1.807, 2.05) is 0 Å². The first kappa shape index (κ1) is 24.8. The molecule has 0 spiro atoms. The molecule has 186 valence electrons. The van der Waals surface area contributed by atoms with Gasteiger partial charge in [-0.2, -0.15) is 4.31 Å². The Balaban J connectivity index is 1.54. The summed E-state index contributed by atoms with van der Waals surface area (Å²) in [7, 11) is -3.78. The summed E-state index contributed by atoms with van der Waals surface area (Å²) in [4.78, 5) is 39.9. The molecule has 11 heteroatoms. The average molecular weight is 501 g/mol. The maximum absolute atomic E-state index is 13.2. The average Bonchev–Trinajstić information content (AvgIpc) is 3.09. The fourth-order valence-electron chi connectivity index (χ4n) is 4.23. The van der Waals surface area contributed by atoms with Crippen molar-refractivity contribution in [3.63, 3.8) is 0 Å². The summed E-state index contributed by atoms with van der Waals surface area (Å²) in [6.45, 7) is 5.86. The van der Waals surface area contributed by atoms with Crippen molar-refractivity contribution in [3.05, 3.63) is 59.7 Å². The van der Waals surface area contributed by atoms with Crippen molar-refractivity contribution in [1.82, 2.24) is 14.5 Å². The Morgan fingerprint density at radius 1 is 1.11 bits per heavy atom. The number of carbonyl (C=O) groups is 3. The third-order valence-electron chi connectivity index (χ3n) is 6.38. The molecule has 4 rings (SSSR count). The quantitative estimate of drug-likeness (QED) is 0.583. The van der Waals surface area contributed by atoms with Gasteiger partial charge in [-0.25, -0.2) is 18.1 Å². The van der Waals surface area contributed by atoms with Gasteiger partial charge in [0.15, 0.2) is 0 Å². The molecule has 2 N–H and O–H groups in total. The molecule has 2 aliphatic rings. The lowest BCUT2D eigenvalue weighted by Gasteiger charge is -2.27. The summed E-state index contributed by atoms with van der Waals surface area (Å²) in [6, 6.07) is 11.6. The molecule has 0 radical (unpaired) electrons. The monoisotopic (exact) mass is 500 g/mol. The molecule has 0 bridgehead atoms. The molecule has 2 heterocycles. The first-order valence-electron chi connectivity index (χ1n) is 11.3. The van der Waals surface area contributed by atoms with Gasteiger partial charge >= 0.3 is 6.03 Å². The molecule has 2 aromatic carbocycles. The predicted octanol–water partition coefficient (Wildman–Crippen LogP) is 1.81. The van der Waals surface area contributed by atoms with Gasteiger partial charge in [0.05, 0.1) is 18.1 Å². The highest BCUT2D eigenvalue weighted by Gasteiger charge is 2.51. The van der Waals surface area contributed by atoms with Crippen molar-refractivity contribution in [2.24, 2.45) is 0 Å². The molecule has 2 aliphatic heterocycles. The standard InChI is InChI=1S/C24H28N4O6S/c1-16-9-10-19(15-20(16)35(32,33)27-11-13-34-14-12-27)25-21(29)17(2)28-22(30)24(3,26-23(28)31)18-7-5-4-6-8-18/h4-10,15,17H,11-14H2,1-3H3,(H,25,29)(H,26,31)/t17-,24+/m1/s1. The van der Waals surface area contributed by atoms with E-state index in [-0.39, 0.29) is 23.7 Å². The Labute approximate surface area is 204 Å². The number of imide groups is 1. The number of ether oxygens (including phenoxy) is 1. The van der Waals surface area contributed by atoms with E-state index in [1.54, 1.807) is 56.3 Å². The Kier molecular flexibility index (Phi) is 6.67. The second kappa shape index (κ2) is 9.40. The Morgan fingerprint density at radius 3 is 2.43 bits per heavy atom. The van der Waals surface area contributed by atoms with Crippen molar-refractivity contribution in [2.45, 2.75) is 37.2 Å². The lowest BCUT2D eigenvalue weighted by atomic mass is 9.92. The van der Waals surface area contributed by atoms with E-state index in [9.17, 15) is 22.8 Å². The van der Waals surface area contributed by atoms with Crippen molar-refractivity contribution < 1.29 is 27.5 Å². The summed E-state index contributed by atoms with van der Waals surface area (Å²) in [5, 5.41) is 5.33. The molecule has 0 unspecified atom stereocenters. The molecule has 35 heavy (non-hydrogen) atoms. The van der Waals surface area contributed by atoms with E-state index in [0.29, 0.717) is 24.3 Å². The first-order chi connectivity index (χ1) is 16.6. The fraction of sp³-hybridized carbons (Fsp3) is 0.375. The first-order valence-corrected chi connectivity index (χ1v) is 12.7. The SMILES string of the molecule is Cc1ccc(NC(=O)[C@@H](C)N2C(=O)N[C@@](C)(c3ccccc3)C2=O)cc1S(=O)(=O)N1CCOCC1. The van der Waals surface area contributed by atoms with Crippen LogP contribution in [0.3, 0.4) is 0 Å². The van der Waals surface area contributed by atoms with Crippen molar-refractivity contribution >= 4 is 33.6 Å². The van der Waals surface area contributed by atoms with Gasteiger partial charge in [0.2, 0.25) is 15.9 Å². The van der Waals surface area contributed by atoms with Crippen LogP contribution in [-0.4, -0.2) is 67.8 Å². The lowest BCUT2D eigenvalue weighted by molar-refractivity contribution is -0.136. The molecular weight excluding hydrogens is 472 g/mol. The Hall–Kier alpha value is -3.28. The number of sulfonamides is 1. The molecule has 2 atom stereocenters. The zero-order valence-corrected chi connectivity index (χ0v) is 20.6. The van der Waals surface area contributed by atoms with Crippen LogP contribution in [0, 0.1) is 6.92 Å². The van der Waals surface area contributed by atoms with Crippen LogP contribution in [0.15, 0.2) is 53.4 Å². The van der Waals surface area contributed by atoms with Crippen LogP contribution in [0.25, 0.3) is 0 Å². The zero-order chi connectivity index (χ0) is 25.4. The second-order valence-corrected chi connectivity index (χ2v) is 10.7. The number of benzene rings is 2. The van der Waals surface area contributed by atoms with E-state index in [4.69, 9.17) is 4.74 Å². The van der Waals surface area contributed by atoms with Crippen LogP contribution < -0.4 is 10.6 Å². The number of hydrogen-bond donors (Lipinski definition) is 2. The van der Waals surface area contributed by atoms with E-state index < -0.39 is 39.4 Å². The summed E-state index contributed by atoms with van der Waals surface area (Å²) in [5.41, 5.74) is 0.0910. The van der Waals surface area contributed by atoms with Gasteiger partial charge in [-0.3, -0.25) is 9.59 Å². The molecule has 10 nitrogen and oxygen atoms in total. The number of anilines is 1. The lowest BCUT2D eigenvalue weighted by Crippen LogP contribution is -2.47. The highest BCUT2D eigenvalue weighted by atomic mass is 32.2. The highest BCUT2D eigenvalue weighted by molar-refractivity contribution is 7.89. The largest absolute Gasteiger partial charge is 0.379 e. The minimum atomic E-state index is -3.78. The van der Waals surface area contributed by atoms with Crippen LogP contribution in [0.2, 0.25) is 0 Å². The van der Waals surface area contributed by atoms with Crippen LogP contribution in [0.5, 0.6) is 0 Å². The molecular formula is C24H28N4O6S. The normalized spacial score (nSPS) is 22.1. The maximum atomic E-state index is 13.2. The van der Waals surface area contributed by atoms with Crippen LogP contribution in [-0.2, 0) is 29.9 Å². The zero-order valence-electron chi connectivity index (χ0n) is 19.8. The summed E-state index contributed by atoms with van der Waals surface area (Å²) < 4.78 is 32.9. The fourth-order valence-corrected chi connectivity index (χ4v) is 5.88. The smallest absolute Gasteiger partial charge is 0.326 e. The Bertz CT molecular complexity index is 1260. The van der Waals surface area contributed by atoms with Crippen molar-refractivity contribution in [3.8, 4) is 0 Å². The van der Waals surface area contributed by atoms with E-state index in [1.165, 1.54) is 17.3 Å². The number of hydrogen-bond acceptors (Lipinski definition) is 6. The van der Waals surface area contributed by atoms with Gasteiger partial charge in [0, 0.05) is 18.8 Å². The number of carbonyl (C=O) groups excluding carboxylic acids is 3. The summed E-state index contributed by atoms with van der Waals surface area (Å²) >= 11 is 0. The number of rotatable bonds is 6. The van der Waals surface area contributed by atoms with Crippen molar-refractivity contribution in [1.29, 1.82) is 0 Å². The number of urea groups is 1. The van der Waals surface area contributed by atoms with Gasteiger partial charge < -0.3 is 15.4 Å². The minimum Gasteiger partial charge on any atom is -0.379 e. The predicted molar refractivity (Wildman–Crippen MR) is 128 cm³/mol.